The molecule has 2 aromatic carbocycles. The van der Waals surface area contributed by atoms with Crippen molar-refractivity contribution in [2.75, 3.05) is 35.8 Å². The molecule has 2 fully saturated rings. The molecule has 1 heterocycles. The lowest BCUT2D eigenvalue weighted by molar-refractivity contribution is 0.0747. The number of hydrogen-bond donors (Lipinski definition) is 1. The average Bonchev–Trinajstić information content (AvgIpc) is 2.98. The van der Waals surface area contributed by atoms with Crippen LogP contribution in [0.25, 0.3) is 0 Å². The molecule has 0 spiro atoms. The molecule has 0 atom stereocenters. The Morgan fingerprint density at radius 3 is 2.30 bits per heavy atom. The van der Waals surface area contributed by atoms with E-state index in [9.17, 15) is 17.6 Å². The second-order valence-corrected chi connectivity index (χ2v) is 12.3. The van der Waals surface area contributed by atoms with Gasteiger partial charge in [-0.05, 0) is 92.6 Å². The fraction of sp³-hybridized carbons (Fsp3) is 0.419. The Balaban J connectivity index is 1.25. The highest BCUT2D eigenvalue weighted by molar-refractivity contribution is 7.96. The molecule has 2 aliphatic carbocycles. The van der Waals surface area contributed by atoms with Gasteiger partial charge in [-0.25, -0.2) is 12.8 Å². The summed E-state index contributed by atoms with van der Waals surface area (Å²) in [5, 5.41) is 0. The predicted molar refractivity (Wildman–Crippen MR) is 159 cm³/mol. The van der Waals surface area contributed by atoms with Crippen molar-refractivity contribution in [2.45, 2.75) is 51.9 Å². The minimum absolute atomic E-state index is 0.0926. The topological polar surface area (TPSA) is 82.1 Å². The number of halogens is 1. The summed E-state index contributed by atoms with van der Waals surface area (Å²) in [5.74, 6) is 0.000453. The zero-order valence-electron chi connectivity index (χ0n) is 23.0. The van der Waals surface area contributed by atoms with E-state index in [1.54, 1.807) is 47.5 Å². The first-order valence-corrected chi connectivity index (χ1v) is 15.7. The quantitative estimate of drug-likeness (QED) is 0.410. The standard InChI is InChI=1S/C31H37FN4O3S/c1-2-33-30-28(23-7-4-3-5-8-23)9-6-10-29(30)40(38,39)34-26-15-11-24(12-16-26)31(37)36-21-19-35(20-22-36)27-17-13-25(32)14-18-27/h2,9,11-18,23,34H,3-8,10,19-22H2,1H3. The molecule has 0 aromatic heterocycles. The summed E-state index contributed by atoms with van der Waals surface area (Å²) in [6, 6.07) is 13.0. The number of rotatable bonds is 7. The van der Waals surface area contributed by atoms with E-state index in [4.69, 9.17) is 0 Å². The van der Waals surface area contributed by atoms with Crippen LogP contribution in [0.3, 0.4) is 0 Å². The van der Waals surface area contributed by atoms with Crippen LogP contribution in [0.15, 0.2) is 75.8 Å². The van der Waals surface area contributed by atoms with Gasteiger partial charge in [0.2, 0.25) is 0 Å². The maximum atomic E-state index is 13.5. The fourth-order valence-corrected chi connectivity index (χ4v) is 7.33. The summed E-state index contributed by atoms with van der Waals surface area (Å²) in [5.41, 5.74) is 3.53. The Morgan fingerprint density at radius 1 is 0.975 bits per heavy atom. The van der Waals surface area contributed by atoms with Crippen LogP contribution in [-0.4, -0.2) is 51.6 Å². The molecule has 1 saturated carbocycles. The summed E-state index contributed by atoms with van der Waals surface area (Å²) in [7, 11) is -3.82. The van der Waals surface area contributed by atoms with E-state index in [-0.39, 0.29) is 11.7 Å². The van der Waals surface area contributed by atoms with E-state index in [2.05, 4.69) is 20.7 Å². The highest BCUT2D eigenvalue weighted by Crippen LogP contribution is 2.40. The van der Waals surface area contributed by atoms with Gasteiger partial charge in [0.05, 0.1) is 10.6 Å². The molecule has 0 radical (unpaired) electrons. The van der Waals surface area contributed by atoms with Crippen molar-refractivity contribution < 1.29 is 17.6 Å². The number of hydrogen-bond acceptors (Lipinski definition) is 5. The molecule has 2 aromatic rings. The number of piperazine rings is 1. The Bertz CT molecular complexity index is 1400. The van der Waals surface area contributed by atoms with Gasteiger partial charge in [-0.3, -0.25) is 14.5 Å². The third kappa shape index (κ3) is 6.30. The Hall–Kier alpha value is -3.46. The van der Waals surface area contributed by atoms with E-state index in [0.717, 1.165) is 24.1 Å². The number of carbonyl (C=O) groups excluding carboxylic acids is 1. The molecular weight excluding hydrogens is 527 g/mol. The Kier molecular flexibility index (Phi) is 8.69. The van der Waals surface area contributed by atoms with E-state index < -0.39 is 10.0 Å². The number of anilines is 2. The molecule has 1 saturated heterocycles. The third-order valence-corrected chi connectivity index (χ3v) is 9.59. The van der Waals surface area contributed by atoms with Crippen LogP contribution in [0.2, 0.25) is 0 Å². The van der Waals surface area contributed by atoms with Gasteiger partial charge in [-0.1, -0.05) is 25.3 Å². The van der Waals surface area contributed by atoms with Crippen LogP contribution in [-0.2, 0) is 10.0 Å². The van der Waals surface area contributed by atoms with Crippen LogP contribution < -0.4 is 9.62 Å². The Morgan fingerprint density at radius 2 is 1.65 bits per heavy atom. The molecule has 9 heteroatoms. The first-order valence-electron chi connectivity index (χ1n) is 14.2. The number of allylic oxidation sites excluding steroid dienone is 3. The van der Waals surface area contributed by atoms with Gasteiger partial charge in [0.25, 0.3) is 15.9 Å². The zero-order chi connectivity index (χ0) is 28.1. The molecule has 5 rings (SSSR count). The van der Waals surface area contributed by atoms with Crippen LogP contribution in [0.5, 0.6) is 0 Å². The SMILES string of the molecule is CC=NC1=C(S(=O)(=O)Nc2ccc(C(=O)N3CCN(c4ccc(F)cc4)CC3)cc2)CCC=C1C1CCCCC1. The zero-order valence-corrected chi connectivity index (χ0v) is 23.8. The lowest BCUT2D eigenvalue weighted by atomic mass is 9.80. The normalized spacial score (nSPS) is 19.2. The maximum absolute atomic E-state index is 13.5. The van der Waals surface area contributed by atoms with Crippen molar-refractivity contribution in [3.05, 3.63) is 82.2 Å². The molecular formula is C31H37FN4O3S. The van der Waals surface area contributed by atoms with Crippen LogP contribution in [0, 0.1) is 11.7 Å². The van der Waals surface area contributed by atoms with E-state index >= 15 is 0 Å². The molecule has 1 amide bonds. The van der Waals surface area contributed by atoms with E-state index in [0.29, 0.717) is 66.8 Å². The second-order valence-electron chi connectivity index (χ2n) is 10.6. The number of carbonyl (C=O) groups is 1. The van der Waals surface area contributed by atoms with E-state index in [1.807, 2.05) is 6.92 Å². The van der Waals surface area contributed by atoms with Crippen LogP contribution >= 0.6 is 0 Å². The van der Waals surface area contributed by atoms with Gasteiger partial charge in [0.1, 0.15) is 5.82 Å². The molecule has 212 valence electrons. The third-order valence-electron chi connectivity index (χ3n) is 8.04. The highest BCUT2D eigenvalue weighted by atomic mass is 32.2. The van der Waals surface area contributed by atoms with Crippen molar-refractivity contribution in [1.82, 2.24) is 4.90 Å². The lowest BCUT2D eigenvalue weighted by Crippen LogP contribution is -2.48. The minimum atomic E-state index is -3.82. The van der Waals surface area contributed by atoms with Crippen molar-refractivity contribution in [1.29, 1.82) is 0 Å². The number of benzene rings is 2. The summed E-state index contributed by atoms with van der Waals surface area (Å²) in [6.07, 6.45) is 10.7. The van der Waals surface area contributed by atoms with Gasteiger partial charge in [0, 0.05) is 49.3 Å². The van der Waals surface area contributed by atoms with Crippen molar-refractivity contribution >= 4 is 33.5 Å². The predicted octanol–water partition coefficient (Wildman–Crippen LogP) is 6.13. The van der Waals surface area contributed by atoms with Gasteiger partial charge >= 0.3 is 0 Å². The number of aliphatic imine (C=N–C) groups is 1. The maximum Gasteiger partial charge on any atom is 0.260 e. The van der Waals surface area contributed by atoms with Crippen LogP contribution in [0.1, 0.15) is 62.2 Å². The monoisotopic (exact) mass is 564 g/mol. The number of nitrogens with one attached hydrogen (secondary N) is 1. The molecule has 1 N–H and O–H groups in total. The van der Waals surface area contributed by atoms with Gasteiger partial charge in [-0.15, -0.1) is 0 Å². The minimum Gasteiger partial charge on any atom is -0.368 e. The van der Waals surface area contributed by atoms with Gasteiger partial charge in [-0.2, -0.15) is 0 Å². The van der Waals surface area contributed by atoms with Gasteiger partial charge < -0.3 is 9.80 Å². The fourth-order valence-electron chi connectivity index (χ4n) is 5.95. The molecule has 40 heavy (non-hydrogen) atoms. The molecule has 3 aliphatic rings. The number of nitrogens with zero attached hydrogens (tertiary/aromatic N) is 3. The second kappa shape index (κ2) is 12.4. The first-order chi connectivity index (χ1) is 19.4. The van der Waals surface area contributed by atoms with Crippen molar-refractivity contribution in [3.63, 3.8) is 0 Å². The van der Waals surface area contributed by atoms with Crippen LogP contribution in [0.4, 0.5) is 15.8 Å². The summed E-state index contributed by atoms with van der Waals surface area (Å²) >= 11 is 0. The summed E-state index contributed by atoms with van der Waals surface area (Å²) in [4.78, 5) is 21.9. The summed E-state index contributed by atoms with van der Waals surface area (Å²) < 4.78 is 43.0. The summed E-state index contributed by atoms with van der Waals surface area (Å²) in [6.45, 7) is 4.23. The van der Waals surface area contributed by atoms with Gasteiger partial charge in [0.15, 0.2) is 0 Å². The number of sulfonamides is 1. The molecule has 0 unspecified atom stereocenters. The molecule has 7 nitrogen and oxygen atoms in total. The lowest BCUT2D eigenvalue weighted by Gasteiger charge is -2.36. The largest absolute Gasteiger partial charge is 0.368 e. The van der Waals surface area contributed by atoms with E-state index in [1.165, 1.54) is 31.4 Å². The average molecular weight is 565 g/mol. The molecule has 1 aliphatic heterocycles. The molecule has 0 bridgehead atoms. The van der Waals surface area contributed by atoms with Crippen molar-refractivity contribution in [2.24, 2.45) is 10.9 Å². The highest BCUT2D eigenvalue weighted by Gasteiger charge is 2.30. The Labute approximate surface area is 236 Å². The smallest absolute Gasteiger partial charge is 0.260 e. The number of amides is 1. The van der Waals surface area contributed by atoms with Crippen molar-refractivity contribution in [3.8, 4) is 0 Å². The first kappa shape index (κ1) is 28.1.